The van der Waals surface area contributed by atoms with Crippen LogP contribution in [-0.4, -0.2) is 9.91 Å². The van der Waals surface area contributed by atoms with Crippen LogP contribution in [0.1, 0.15) is 56.2 Å². The first-order chi connectivity index (χ1) is 8.77. The molecule has 1 aromatic heterocycles. The number of aromatic nitrogens is 1. The third-order valence-corrected chi connectivity index (χ3v) is 3.62. The Hall–Kier alpha value is -1.45. The maximum atomic E-state index is 10.8. The van der Waals surface area contributed by atoms with Gasteiger partial charge in [-0.25, -0.2) is 0 Å². The van der Waals surface area contributed by atoms with E-state index in [1.807, 2.05) is 0 Å². The summed E-state index contributed by atoms with van der Waals surface area (Å²) in [7, 11) is 0. The van der Waals surface area contributed by atoms with E-state index in [0.29, 0.717) is 0 Å². The van der Waals surface area contributed by atoms with Gasteiger partial charge in [-0.05, 0) is 31.2 Å². The minimum atomic E-state index is -0.349. The van der Waals surface area contributed by atoms with Crippen molar-refractivity contribution in [1.29, 1.82) is 0 Å². The van der Waals surface area contributed by atoms with Crippen molar-refractivity contribution < 1.29 is 4.92 Å². The highest BCUT2D eigenvalue weighted by atomic mass is 16.6. The summed E-state index contributed by atoms with van der Waals surface area (Å²) in [6.45, 7) is 0. The third kappa shape index (κ3) is 3.52. The number of aryl methyl sites for hydroxylation is 2. The molecule has 0 atom stereocenters. The van der Waals surface area contributed by atoms with Crippen LogP contribution < -0.4 is 0 Å². The average molecular weight is 248 g/mol. The summed E-state index contributed by atoms with van der Waals surface area (Å²) < 4.78 is 0. The van der Waals surface area contributed by atoms with Gasteiger partial charge in [0.2, 0.25) is 0 Å². The predicted molar refractivity (Wildman–Crippen MR) is 70.6 cm³/mol. The molecule has 0 saturated heterocycles. The van der Waals surface area contributed by atoms with Crippen molar-refractivity contribution in [3.05, 3.63) is 33.6 Å². The fourth-order valence-electron chi connectivity index (χ4n) is 2.56. The van der Waals surface area contributed by atoms with Gasteiger partial charge < -0.3 is 0 Å². The first kappa shape index (κ1) is 13.0. The highest BCUT2D eigenvalue weighted by molar-refractivity contribution is 5.34. The van der Waals surface area contributed by atoms with Gasteiger partial charge in [0.15, 0.2) is 0 Å². The number of hydrogen-bond donors (Lipinski definition) is 0. The molecule has 18 heavy (non-hydrogen) atoms. The molecule has 2 rings (SSSR count). The summed E-state index contributed by atoms with van der Waals surface area (Å²) in [5.74, 6) is 0. The number of pyridine rings is 1. The van der Waals surface area contributed by atoms with Gasteiger partial charge in [-0.2, -0.15) is 0 Å². The highest BCUT2D eigenvalue weighted by Gasteiger charge is 2.12. The van der Waals surface area contributed by atoms with Crippen molar-refractivity contribution in [2.24, 2.45) is 0 Å². The largest absolute Gasteiger partial charge is 0.287 e. The Morgan fingerprint density at radius 3 is 2.28 bits per heavy atom. The number of nitro groups is 1. The number of rotatable bonds is 1. The average Bonchev–Trinajstić information content (AvgIpc) is 2.41. The summed E-state index contributed by atoms with van der Waals surface area (Å²) >= 11 is 0. The van der Waals surface area contributed by atoms with Crippen LogP contribution in [0.4, 0.5) is 5.69 Å². The summed E-state index contributed by atoms with van der Waals surface area (Å²) in [6.07, 6.45) is 12.0. The maximum absolute atomic E-state index is 10.8. The molecule has 0 saturated carbocycles. The minimum absolute atomic E-state index is 0.128. The van der Waals surface area contributed by atoms with Gasteiger partial charge >= 0.3 is 0 Å². The van der Waals surface area contributed by atoms with Crippen molar-refractivity contribution in [2.75, 3.05) is 0 Å². The zero-order valence-electron chi connectivity index (χ0n) is 10.7. The fraction of sp³-hybridized carbons (Fsp3) is 0.643. The van der Waals surface area contributed by atoms with Crippen LogP contribution in [0.25, 0.3) is 0 Å². The van der Waals surface area contributed by atoms with Gasteiger partial charge in [-0.15, -0.1) is 0 Å². The molecule has 0 radical (unpaired) electrons. The predicted octanol–water partition coefficient (Wildman–Crippen LogP) is 3.82. The second-order valence-corrected chi connectivity index (χ2v) is 5.03. The number of nitrogens with zero attached hydrogens (tertiary/aromatic N) is 2. The van der Waals surface area contributed by atoms with Gasteiger partial charge in [0.05, 0.1) is 4.92 Å². The first-order valence-corrected chi connectivity index (χ1v) is 6.89. The first-order valence-electron chi connectivity index (χ1n) is 6.89. The second-order valence-electron chi connectivity index (χ2n) is 5.03. The van der Waals surface area contributed by atoms with Gasteiger partial charge in [0.25, 0.3) is 5.69 Å². The Bertz CT molecular complexity index is 418. The molecule has 1 aliphatic rings. The van der Waals surface area contributed by atoms with E-state index in [0.717, 1.165) is 36.9 Å². The molecule has 1 heterocycles. The molecule has 1 aromatic rings. The second kappa shape index (κ2) is 6.47. The van der Waals surface area contributed by atoms with Crippen LogP contribution in [0.5, 0.6) is 0 Å². The van der Waals surface area contributed by atoms with E-state index >= 15 is 0 Å². The molecule has 4 nitrogen and oxygen atoms in total. The fourth-order valence-corrected chi connectivity index (χ4v) is 2.56. The van der Waals surface area contributed by atoms with Crippen LogP contribution in [0.15, 0.2) is 12.3 Å². The third-order valence-electron chi connectivity index (χ3n) is 3.62. The summed E-state index contributed by atoms with van der Waals surface area (Å²) in [4.78, 5) is 14.7. The smallest absolute Gasteiger partial charge is 0.258 e. The minimum Gasteiger partial charge on any atom is -0.258 e. The number of hydrogen-bond acceptors (Lipinski definition) is 3. The van der Waals surface area contributed by atoms with Crippen LogP contribution >= 0.6 is 0 Å². The van der Waals surface area contributed by atoms with Gasteiger partial charge in [-0.1, -0.05) is 32.1 Å². The lowest BCUT2D eigenvalue weighted by Crippen LogP contribution is -2.01. The quantitative estimate of drug-likeness (QED) is 0.560. The van der Waals surface area contributed by atoms with Crippen LogP contribution in [0.3, 0.4) is 0 Å². The summed E-state index contributed by atoms with van der Waals surface area (Å²) in [5, 5.41) is 10.8. The highest BCUT2D eigenvalue weighted by Crippen LogP contribution is 2.21. The normalized spacial score (nSPS) is 17.6. The molecule has 4 heteroatoms. The van der Waals surface area contributed by atoms with Crippen LogP contribution in [0.2, 0.25) is 0 Å². The zero-order chi connectivity index (χ0) is 12.8. The summed E-state index contributed by atoms with van der Waals surface area (Å²) in [5.41, 5.74) is 2.29. The molecule has 0 fully saturated rings. The lowest BCUT2D eigenvalue weighted by molar-refractivity contribution is -0.385. The zero-order valence-corrected chi connectivity index (χ0v) is 10.7. The monoisotopic (exact) mass is 248 g/mol. The lowest BCUT2D eigenvalue weighted by Gasteiger charge is -2.07. The lowest BCUT2D eigenvalue weighted by atomic mass is 10.0. The molecule has 0 amide bonds. The van der Waals surface area contributed by atoms with Gasteiger partial charge in [0.1, 0.15) is 6.20 Å². The Morgan fingerprint density at radius 2 is 1.61 bits per heavy atom. The van der Waals surface area contributed by atoms with Crippen molar-refractivity contribution in [3.8, 4) is 0 Å². The molecular weight excluding hydrogens is 228 g/mol. The van der Waals surface area contributed by atoms with E-state index in [2.05, 4.69) is 4.98 Å². The molecule has 0 bridgehead atoms. The van der Waals surface area contributed by atoms with Crippen molar-refractivity contribution >= 4 is 5.69 Å². The molecule has 98 valence electrons. The van der Waals surface area contributed by atoms with E-state index in [4.69, 9.17) is 0 Å². The van der Waals surface area contributed by atoms with E-state index < -0.39 is 0 Å². The molecular formula is C14H20N2O2. The molecule has 0 N–H and O–H groups in total. The number of fused-ring (bicyclic) bond motifs is 1. The Balaban J connectivity index is 2.18. The standard InChI is InChI=1S/C14H20N2O2/c17-16(18)13-10-12-8-6-4-2-1-3-5-7-9-14(12)15-11-13/h10-11H,1-9H2. The molecule has 0 aromatic carbocycles. The Kier molecular flexibility index (Phi) is 4.67. The Morgan fingerprint density at radius 1 is 1.00 bits per heavy atom. The molecule has 0 spiro atoms. The Labute approximate surface area is 108 Å². The van der Waals surface area contributed by atoms with Crippen molar-refractivity contribution in [1.82, 2.24) is 4.98 Å². The van der Waals surface area contributed by atoms with E-state index in [9.17, 15) is 10.1 Å². The molecule has 0 unspecified atom stereocenters. The van der Waals surface area contributed by atoms with Gasteiger partial charge in [0, 0.05) is 11.8 Å². The van der Waals surface area contributed by atoms with E-state index in [1.54, 1.807) is 6.07 Å². The molecule has 1 aliphatic carbocycles. The van der Waals surface area contributed by atoms with Crippen LogP contribution in [0, 0.1) is 10.1 Å². The van der Waals surface area contributed by atoms with Gasteiger partial charge in [-0.3, -0.25) is 15.1 Å². The van der Waals surface area contributed by atoms with Crippen LogP contribution in [-0.2, 0) is 12.8 Å². The van der Waals surface area contributed by atoms with E-state index in [-0.39, 0.29) is 10.6 Å². The SMILES string of the molecule is O=[N+]([O-])c1cnc2c(c1)CCCCCCCCC2. The van der Waals surface area contributed by atoms with E-state index in [1.165, 1.54) is 38.3 Å². The maximum Gasteiger partial charge on any atom is 0.287 e. The van der Waals surface area contributed by atoms with Crippen molar-refractivity contribution in [2.45, 2.75) is 57.8 Å². The van der Waals surface area contributed by atoms with Crippen molar-refractivity contribution in [3.63, 3.8) is 0 Å². The topological polar surface area (TPSA) is 56.0 Å². The molecule has 0 aliphatic heterocycles. The summed E-state index contributed by atoms with van der Waals surface area (Å²) in [6, 6.07) is 1.72.